The lowest BCUT2D eigenvalue weighted by atomic mass is 10.1. The van der Waals surface area contributed by atoms with Crippen LogP contribution in [0, 0.1) is 0 Å². The smallest absolute Gasteiger partial charge is 0.341 e. The van der Waals surface area contributed by atoms with E-state index in [-0.39, 0.29) is 12.5 Å². The number of benzene rings is 2. The first-order chi connectivity index (χ1) is 12.0. The van der Waals surface area contributed by atoms with Crippen molar-refractivity contribution in [2.45, 2.75) is 6.54 Å². The quantitative estimate of drug-likeness (QED) is 0.633. The van der Waals surface area contributed by atoms with Gasteiger partial charge in [0.25, 0.3) is 0 Å². The topological polar surface area (TPSA) is 64.6 Å². The summed E-state index contributed by atoms with van der Waals surface area (Å²) in [6, 6.07) is 12.2. The molecule has 0 aliphatic heterocycles. The molecule has 25 heavy (non-hydrogen) atoms. The van der Waals surface area contributed by atoms with Crippen molar-refractivity contribution in [1.29, 1.82) is 0 Å². The van der Waals surface area contributed by atoms with Crippen LogP contribution in [0.25, 0.3) is 6.08 Å². The van der Waals surface area contributed by atoms with Crippen molar-refractivity contribution in [3.05, 3.63) is 70.3 Å². The second-order valence-electron chi connectivity index (χ2n) is 5.13. The van der Waals surface area contributed by atoms with Crippen LogP contribution in [-0.2, 0) is 16.1 Å². The van der Waals surface area contributed by atoms with Crippen molar-refractivity contribution >= 4 is 29.6 Å². The molecule has 0 saturated heterocycles. The minimum Gasteiger partial charge on any atom is -0.496 e. The summed E-state index contributed by atoms with van der Waals surface area (Å²) in [6.45, 7) is 0.271. The van der Waals surface area contributed by atoms with Gasteiger partial charge in [0, 0.05) is 17.6 Å². The molecule has 130 valence electrons. The van der Waals surface area contributed by atoms with Gasteiger partial charge in [-0.25, -0.2) is 4.79 Å². The zero-order valence-electron chi connectivity index (χ0n) is 13.9. The first-order valence-corrected chi connectivity index (χ1v) is 7.88. The summed E-state index contributed by atoms with van der Waals surface area (Å²) in [4.78, 5) is 23.7. The number of ether oxygens (including phenoxy) is 2. The number of esters is 1. The summed E-state index contributed by atoms with van der Waals surface area (Å²) in [7, 11) is 2.78. The molecule has 0 aromatic heterocycles. The third-order valence-corrected chi connectivity index (χ3v) is 3.65. The molecule has 6 heteroatoms. The third-order valence-electron chi connectivity index (χ3n) is 3.41. The molecule has 5 nitrogen and oxygen atoms in total. The standard InChI is InChI=1S/C19H18ClNO4/c1-24-17-8-6-14(11-16(17)19(23)25-2)12-21-18(22)9-7-13-4-3-5-15(20)10-13/h3-11H,12H2,1-2H3,(H,21,22). The largest absolute Gasteiger partial charge is 0.496 e. The normalized spacial score (nSPS) is 10.5. The summed E-state index contributed by atoms with van der Waals surface area (Å²) < 4.78 is 9.86. The molecule has 0 atom stereocenters. The average molecular weight is 360 g/mol. The molecule has 0 bridgehead atoms. The highest BCUT2D eigenvalue weighted by Crippen LogP contribution is 2.20. The first kappa shape index (κ1) is 18.5. The van der Waals surface area contributed by atoms with E-state index in [0.717, 1.165) is 11.1 Å². The van der Waals surface area contributed by atoms with E-state index in [1.54, 1.807) is 36.4 Å². The number of rotatable bonds is 6. The predicted molar refractivity (Wildman–Crippen MR) is 96.7 cm³/mol. The molecule has 0 unspecified atom stereocenters. The first-order valence-electron chi connectivity index (χ1n) is 7.50. The summed E-state index contributed by atoms with van der Waals surface area (Å²) >= 11 is 5.90. The molecule has 0 saturated carbocycles. The molecule has 0 aliphatic carbocycles. The van der Waals surface area contributed by atoms with Crippen molar-refractivity contribution in [3.8, 4) is 5.75 Å². The Bertz CT molecular complexity index is 802. The third kappa shape index (κ3) is 5.36. The highest BCUT2D eigenvalue weighted by atomic mass is 35.5. The Kier molecular flexibility index (Phi) is 6.60. The fourth-order valence-electron chi connectivity index (χ4n) is 2.16. The van der Waals surface area contributed by atoms with E-state index in [2.05, 4.69) is 5.32 Å². The highest BCUT2D eigenvalue weighted by molar-refractivity contribution is 6.30. The Morgan fingerprint density at radius 3 is 2.64 bits per heavy atom. The van der Waals surface area contributed by atoms with Crippen molar-refractivity contribution in [1.82, 2.24) is 5.32 Å². The molecule has 0 aliphatic rings. The van der Waals surface area contributed by atoms with E-state index in [4.69, 9.17) is 21.1 Å². The van der Waals surface area contributed by atoms with E-state index in [1.165, 1.54) is 20.3 Å². The molecule has 1 amide bonds. The van der Waals surface area contributed by atoms with Crippen LogP contribution in [-0.4, -0.2) is 26.1 Å². The van der Waals surface area contributed by atoms with Gasteiger partial charge in [0.1, 0.15) is 11.3 Å². The average Bonchev–Trinajstić information content (AvgIpc) is 2.63. The molecule has 2 rings (SSSR count). The maximum Gasteiger partial charge on any atom is 0.341 e. The van der Waals surface area contributed by atoms with Gasteiger partial charge in [0.05, 0.1) is 14.2 Å². The number of amides is 1. The van der Waals surface area contributed by atoms with Gasteiger partial charge in [-0.15, -0.1) is 0 Å². The summed E-state index contributed by atoms with van der Waals surface area (Å²) in [5.74, 6) is -0.330. The summed E-state index contributed by atoms with van der Waals surface area (Å²) in [5, 5.41) is 3.36. The summed E-state index contributed by atoms with van der Waals surface area (Å²) in [6.07, 6.45) is 3.10. The number of carbonyl (C=O) groups excluding carboxylic acids is 2. The van der Waals surface area contributed by atoms with Crippen LogP contribution in [0.5, 0.6) is 5.75 Å². The molecule has 0 radical (unpaired) electrons. The Hall–Kier alpha value is -2.79. The molecule has 2 aromatic rings. The number of methoxy groups -OCH3 is 2. The fourth-order valence-corrected chi connectivity index (χ4v) is 2.36. The molecule has 0 heterocycles. The maximum absolute atomic E-state index is 11.9. The number of halogens is 1. The Morgan fingerprint density at radius 1 is 1.16 bits per heavy atom. The van der Waals surface area contributed by atoms with E-state index in [9.17, 15) is 9.59 Å². The number of nitrogens with one attached hydrogen (secondary N) is 1. The molecule has 0 fully saturated rings. The van der Waals surface area contributed by atoms with Crippen LogP contribution in [0.3, 0.4) is 0 Å². The highest BCUT2D eigenvalue weighted by Gasteiger charge is 2.13. The van der Waals surface area contributed by atoms with Crippen molar-refractivity contribution in [3.63, 3.8) is 0 Å². The predicted octanol–water partition coefficient (Wildman–Crippen LogP) is 3.46. The van der Waals surface area contributed by atoms with Crippen molar-refractivity contribution < 1.29 is 19.1 Å². The van der Waals surface area contributed by atoms with Gasteiger partial charge in [-0.3, -0.25) is 4.79 Å². The minimum absolute atomic E-state index is 0.254. The van der Waals surface area contributed by atoms with Gasteiger partial charge in [0.2, 0.25) is 5.91 Å². The molecular formula is C19H18ClNO4. The van der Waals surface area contributed by atoms with Crippen LogP contribution in [0.4, 0.5) is 0 Å². The van der Waals surface area contributed by atoms with Gasteiger partial charge in [-0.2, -0.15) is 0 Å². The van der Waals surface area contributed by atoms with Crippen LogP contribution in [0.2, 0.25) is 5.02 Å². The van der Waals surface area contributed by atoms with Gasteiger partial charge >= 0.3 is 5.97 Å². The van der Waals surface area contributed by atoms with Crippen LogP contribution >= 0.6 is 11.6 Å². The lowest BCUT2D eigenvalue weighted by Gasteiger charge is -2.09. The molecule has 1 N–H and O–H groups in total. The Morgan fingerprint density at radius 2 is 1.96 bits per heavy atom. The Balaban J connectivity index is 2.00. The lowest BCUT2D eigenvalue weighted by Crippen LogP contribution is -2.20. The van der Waals surface area contributed by atoms with Crippen molar-refractivity contribution in [2.75, 3.05) is 14.2 Å². The number of hydrogen-bond acceptors (Lipinski definition) is 4. The van der Waals surface area contributed by atoms with Gasteiger partial charge < -0.3 is 14.8 Å². The van der Waals surface area contributed by atoms with Gasteiger partial charge in [-0.1, -0.05) is 29.8 Å². The van der Waals surface area contributed by atoms with E-state index >= 15 is 0 Å². The molecular weight excluding hydrogens is 342 g/mol. The van der Waals surface area contributed by atoms with Crippen molar-refractivity contribution in [2.24, 2.45) is 0 Å². The number of carbonyl (C=O) groups is 2. The second kappa shape index (κ2) is 8.89. The van der Waals surface area contributed by atoms with Gasteiger partial charge in [-0.05, 0) is 41.5 Å². The molecule has 2 aromatic carbocycles. The van der Waals surface area contributed by atoms with E-state index in [0.29, 0.717) is 16.3 Å². The van der Waals surface area contributed by atoms with Crippen LogP contribution in [0.1, 0.15) is 21.5 Å². The fraction of sp³-hybridized carbons (Fsp3) is 0.158. The lowest BCUT2D eigenvalue weighted by molar-refractivity contribution is -0.116. The monoisotopic (exact) mass is 359 g/mol. The summed E-state index contributed by atoms with van der Waals surface area (Å²) in [5.41, 5.74) is 1.90. The maximum atomic E-state index is 11.9. The van der Waals surface area contributed by atoms with E-state index < -0.39 is 5.97 Å². The SMILES string of the molecule is COC(=O)c1cc(CNC(=O)C=Cc2cccc(Cl)c2)ccc1OC. The zero-order chi connectivity index (χ0) is 18.2. The van der Waals surface area contributed by atoms with Crippen LogP contribution < -0.4 is 10.1 Å². The van der Waals surface area contributed by atoms with Crippen LogP contribution in [0.15, 0.2) is 48.5 Å². The zero-order valence-corrected chi connectivity index (χ0v) is 14.7. The minimum atomic E-state index is -0.495. The second-order valence-corrected chi connectivity index (χ2v) is 5.57. The van der Waals surface area contributed by atoms with E-state index in [1.807, 2.05) is 12.1 Å². The Labute approximate surface area is 151 Å². The molecule has 0 spiro atoms. The number of hydrogen-bond donors (Lipinski definition) is 1. The van der Waals surface area contributed by atoms with Gasteiger partial charge in [0.15, 0.2) is 0 Å².